The summed E-state index contributed by atoms with van der Waals surface area (Å²) in [5.74, 6) is 0. The van der Waals surface area contributed by atoms with Crippen LogP contribution in [0, 0.1) is 0 Å². The highest BCUT2D eigenvalue weighted by molar-refractivity contribution is 7.07. The first-order chi connectivity index (χ1) is 8.75. The van der Waals surface area contributed by atoms with Crippen LogP contribution >= 0.6 is 11.3 Å². The lowest BCUT2D eigenvalue weighted by atomic mass is 10.0. The van der Waals surface area contributed by atoms with Gasteiger partial charge in [0, 0.05) is 12.6 Å². The highest BCUT2D eigenvalue weighted by atomic mass is 32.1. The SMILES string of the molecule is C[C@@H](C[C@H](O)c1ccccc1)NCc1ccsc1. The molecule has 0 aliphatic carbocycles. The Kier molecular flexibility index (Phi) is 4.93. The number of aliphatic hydroxyl groups is 1. The zero-order valence-electron chi connectivity index (χ0n) is 10.5. The lowest BCUT2D eigenvalue weighted by Gasteiger charge is -2.18. The van der Waals surface area contributed by atoms with Crippen LogP contribution in [0.4, 0.5) is 0 Å². The highest BCUT2D eigenvalue weighted by Gasteiger charge is 2.11. The summed E-state index contributed by atoms with van der Waals surface area (Å²) in [6.07, 6.45) is 0.338. The molecule has 2 N–H and O–H groups in total. The minimum atomic E-state index is -0.392. The molecule has 0 unspecified atom stereocenters. The fraction of sp³-hybridized carbons (Fsp3) is 0.333. The molecular formula is C15H19NOS. The van der Waals surface area contributed by atoms with E-state index in [0.29, 0.717) is 6.04 Å². The third-order valence-electron chi connectivity index (χ3n) is 3.00. The van der Waals surface area contributed by atoms with Gasteiger partial charge in [-0.1, -0.05) is 30.3 Å². The van der Waals surface area contributed by atoms with Crippen molar-refractivity contribution in [3.05, 3.63) is 58.3 Å². The van der Waals surface area contributed by atoms with Crippen LogP contribution in [0.5, 0.6) is 0 Å². The molecule has 0 aliphatic rings. The molecule has 0 saturated heterocycles. The second-order valence-corrected chi connectivity index (χ2v) is 5.36. The van der Waals surface area contributed by atoms with Crippen molar-refractivity contribution >= 4 is 11.3 Å². The van der Waals surface area contributed by atoms with Gasteiger partial charge in [-0.15, -0.1) is 0 Å². The van der Waals surface area contributed by atoms with Crippen LogP contribution in [-0.4, -0.2) is 11.1 Å². The Morgan fingerprint density at radius 3 is 2.67 bits per heavy atom. The molecule has 0 bridgehead atoms. The van der Waals surface area contributed by atoms with E-state index in [-0.39, 0.29) is 0 Å². The summed E-state index contributed by atoms with van der Waals surface area (Å²) in [5.41, 5.74) is 2.29. The molecule has 0 amide bonds. The largest absolute Gasteiger partial charge is 0.388 e. The normalized spacial score (nSPS) is 14.3. The summed E-state index contributed by atoms with van der Waals surface area (Å²) in [6.45, 7) is 2.98. The first kappa shape index (κ1) is 13.3. The molecule has 0 spiro atoms. The van der Waals surface area contributed by atoms with Crippen molar-refractivity contribution in [2.24, 2.45) is 0 Å². The summed E-state index contributed by atoms with van der Waals surface area (Å²) in [6, 6.07) is 12.2. The van der Waals surface area contributed by atoms with Gasteiger partial charge in [0.1, 0.15) is 0 Å². The first-order valence-electron chi connectivity index (χ1n) is 6.23. The monoisotopic (exact) mass is 261 g/mol. The van der Waals surface area contributed by atoms with E-state index in [9.17, 15) is 5.11 Å². The van der Waals surface area contributed by atoms with Gasteiger partial charge in [0.15, 0.2) is 0 Å². The number of hydrogen-bond acceptors (Lipinski definition) is 3. The number of hydrogen-bond donors (Lipinski definition) is 2. The predicted octanol–water partition coefficient (Wildman–Crippen LogP) is 3.35. The molecule has 3 heteroatoms. The molecule has 1 heterocycles. The predicted molar refractivity (Wildman–Crippen MR) is 76.6 cm³/mol. The van der Waals surface area contributed by atoms with Gasteiger partial charge in [-0.05, 0) is 41.3 Å². The Hall–Kier alpha value is -1.16. The van der Waals surface area contributed by atoms with Gasteiger partial charge in [-0.25, -0.2) is 0 Å². The second-order valence-electron chi connectivity index (χ2n) is 4.58. The Morgan fingerprint density at radius 1 is 1.22 bits per heavy atom. The van der Waals surface area contributed by atoms with E-state index in [2.05, 4.69) is 29.1 Å². The quantitative estimate of drug-likeness (QED) is 0.836. The van der Waals surface area contributed by atoms with Gasteiger partial charge in [-0.2, -0.15) is 11.3 Å². The minimum Gasteiger partial charge on any atom is -0.388 e. The summed E-state index contributed by atoms with van der Waals surface area (Å²) in [4.78, 5) is 0. The molecule has 2 rings (SSSR count). The van der Waals surface area contributed by atoms with Crippen LogP contribution in [0.15, 0.2) is 47.2 Å². The van der Waals surface area contributed by atoms with Crippen LogP contribution in [0.2, 0.25) is 0 Å². The molecule has 0 saturated carbocycles. The standard InChI is InChI=1S/C15H19NOS/c1-12(16-10-13-7-8-18-11-13)9-15(17)14-5-3-2-4-6-14/h2-8,11-12,15-17H,9-10H2,1H3/t12-,15-/m0/s1. The van der Waals surface area contributed by atoms with Gasteiger partial charge >= 0.3 is 0 Å². The van der Waals surface area contributed by atoms with Crippen molar-refractivity contribution in [1.82, 2.24) is 5.32 Å². The van der Waals surface area contributed by atoms with E-state index < -0.39 is 6.10 Å². The zero-order chi connectivity index (χ0) is 12.8. The molecule has 0 radical (unpaired) electrons. The van der Waals surface area contributed by atoms with Crippen molar-refractivity contribution in [2.45, 2.75) is 32.0 Å². The number of aliphatic hydroxyl groups excluding tert-OH is 1. The average molecular weight is 261 g/mol. The van der Waals surface area contributed by atoms with E-state index in [4.69, 9.17) is 0 Å². The van der Waals surface area contributed by atoms with Crippen molar-refractivity contribution in [3.8, 4) is 0 Å². The molecule has 2 atom stereocenters. The maximum absolute atomic E-state index is 10.1. The fourth-order valence-corrected chi connectivity index (χ4v) is 2.58. The molecule has 0 aliphatic heterocycles. The van der Waals surface area contributed by atoms with Gasteiger partial charge < -0.3 is 10.4 Å². The molecule has 96 valence electrons. The smallest absolute Gasteiger partial charge is 0.0804 e. The van der Waals surface area contributed by atoms with Crippen molar-refractivity contribution < 1.29 is 5.11 Å². The Bertz CT molecular complexity index is 441. The fourth-order valence-electron chi connectivity index (χ4n) is 1.91. The Labute approximate surface area is 112 Å². The van der Waals surface area contributed by atoms with Crippen LogP contribution in [-0.2, 0) is 6.54 Å². The molecule has 1 aromatic heterocycles. The topological polar surface area (TPSA) is 32.3 Å². The summed E-state index contributed by atoms with van der Waals surface area (Å²) in [5, 5.41) is 17.8. The van der Waals surface area contributed by atoms with Gasteiger partial charge in [0.25, 0.3) is 0 Å². The maximum Gasteiger partial charge on any atom is 0.0804 e. The summed E-state index contributed by atoms with van der Waals surface area (Å²) >= 11 is 1.71. The van der Waals surface area contributed by atoms with Crippen LogP contribution in [0.1, 0.15) is 30.6 Å². The summed E-state index contributed by atoms with van der Waals surface area (Å²) < 4.78 is 0. The third-order valence-corrected chi connectivity index (χ3v) is 3.73. The number of rotatable bonds is 6. The van der Waals surface area contributed by atoms with E-state index >= 15 is 0 Å². The van der Waals surface area contributed by atoms with Gasteiger partial charge in [0.05, 0.1) is 6.10 Å². The van der Waals surface area contributed by atoms with Crippen LogP contribution in [0.3, 0.4) is 0 Å². The second kappa shape index (κ2) is 6.69. The molecular weight excluding hydrogens is 242 g/mol. The van der Waals surface area contributed by atoms with E-state index in [0.717, 1.165) is 18.5 Å². The third kappa shape index (κ3) is 3.95. The lowest BCUT2D eigenvalue weighted by molar-refractivity contribution is 0.154. The van der Waals surface area contributed by atoms with Crippen LogP contribution < -0.4 is 5.32 Å². The van der Waals surface area contributed by atoms with Gasteiger partial charge in [0.2, 0.25) is 0 Å². The van der Waals surface area contributed by atoms with Crippen molar-refractivity contribution in [2.75, 3.05) is 0 Å². The number of benzene rings is 1. The molecule has 18 heavy (non-hydrogen) atoms. The number of thiophene rings is 1. The molecule has 2 aromatic rings. The average Bonchev–Trinajstić information content (AvgIpc) is 2.90. The Balaban J connectivity index is 1.78. The van der Waals surface area contributed by atoms with Crippen molar-refractivity contribution in [1.29, 1.82) is 0 Å². The van der Waals surface area contributed by atoms with E-state index in [1.54, 1.807) is 11.3 Å². The van der Waals surface area contributed by atoms with E-state index in [1.165, 1.54) is 5.56 Å². The zero-order valence-corrected chi connectivity index (χ0v) is 11.4. The van der Waals surface area contributed by atoms with Crippen molar-refractivity contribution in [3.63, 3.8) is 0 Å². The maximum atomic E-state index is 10.1. The first-order valence-corrected chi connectivity index (χ1v) is 7.17. The minimum absolute atomic E-state index is 0.292. The van der Waals surface area contributed by atoms with E-state index in [1.807, 2.05) is 30.3 Å². The number of nitrogens with one attached hydrogen (secondary N) is 1. The highest BCUT2D eigenvalue weighted by Crippen LogP contribution is 2.18. The molecule has 1 aromatic carbocycles. The summed E-state index contributed by atoms with van der Waals surface area (Å²) in [7, 11) is 0. The molecule has 2 nitrogen and oxygen atoms in total. The molecule has 0 fully saturated rings. The Morgan fingerprint density at radius 2 is 2.00 bits per heavy atom. The van der Waals surface area contributed by atoms with Gasteiger partial charge in [-0.3, -0.25) is 0 Å². The lowest BCUT2D eigenvalue weighted by Crippen LogP contribution is -2.27. The van der Waals surface area contributed by atoms with Crippen LogP contribution in [0.25, 0.3) is 0 Å².